The second-order valence-corrected chi connectivity index (χ2v) is 7.87. The highest BCUT2D eigenvalue weighted by molar-refractivity contribution is 6.09. The van der Waals surface area contributed by atoms with Crippen molar-refractivity contribution >= 4 is 17.5 Å². The van der Waals surface area contributed by atoms with Crippen molar-refractivity contribution in [3.63, 3.8) is 0 Å². The summed E-state index contributed by atoms with van der Waals surface area (Å²) in [4.78, 5) is 24.7. The SMILES string of the molecule is CCCCCNC(=O)C(C)(C)C(=O)Nc1ccc(C(C)(C)C)cc1. The molecule has 0 aliphatic carbocycles. The quantitative estimate of drug-likeness (QED) is 0.579. The number of anilines is 1. The van der Waals surface area contributed by atoms with Gasteiger partial charge in [-0.1, -0.05) is 52.7 Å². The van der Waals surface area contributed by atoms with Crippen molar-refractivity contribution in [2.75, 3.05) is 11.9 Å². The minimum absolute atomic E-state index is 0.0696. The molecule has 0 heterocycles. The molecule has 0 fully saturated rings. The maximum Gasteiger partial charge on any atom is 0.239 e. The maximum atomic E-state index is 12.5. The van der Waals surface area contributed by atoms with Crippen molar-refractivity contribution in [1.82, 2.24) is 5.32 Å². The number of unbranched alkanes of at least 4 members (excludes halogenated alkanes) is 2. The third-order valence-electron chi connectivity index (χ3n) is 4.21. The highest BCUT2D eigenvalue weighted by Gasteiger charge is 2.35. The Morgan fingerprint density at radius 2 is 1.50 bits per heavy atom. The third kappa shape index (κ3) is 5.66. The zero-order chi connectivity index (χ0) is 18.4. The molecule has 4 heteroatoms. The molecule has 0 saturated heterocycles. The Morgan fingerprint density at radius 3 is 2.00 bits per heavy atom. The zero-order valence-corrected chi connectivity index (χ0v) is 16.0. The summed E-state index contributed by atoms with van der Waals surface area (Å²) in [6.45, 7) is 12.5. The van der Waals surface area contributed by atoms with E-state index in [-0.39, 0.29) is 17.2 Å². The number of hydrogen-bond acceptors (Lipinski definition) is 2. The van der Waals surface area contributed by atoms with Gasteiger partial charge in [-0.25, -0.2) is 0 Å². The minimum atomic E-state index is -1.10. The summed E-state index contributed by atoms with van der Waals surface area (Å²) in [5.74, 6) is -0.526. The molecule has 0 spiro atoms. The van der Waals surface area contributed by atoms with Gasteiger partial charge in [-0.05, 0) is 43.4 Å². The van der Waals surface area contributed by atoms with Gasteiger partial charge in [0.1, 0.15) is 5.41 Å². The maximum absolute atomic E-state index is 12.5. The summed E-state index contributed by atoms with van der Waals surface area (Å²) < 4.78 is 0. The van der Waals surface area contributed by atoms with Crippen LogP contribution >= 0.6 is 0 Å². The number of benzene rings is 1. The van der Waals surface area contributed by atoms with Crippen LogP contribution in [-0.2, 0) is 15.0 Å². The van der Waals surface area contributed by atoms with Crippen molar-refractivity contribution in [3.05, 3.63) is 29.8 Å². The van der Waals surface area contributed by atoms with E-state index in [2.05, 4.69) is 38.3 Å². The molecule has 0 atom stereocenters. The van der Waals surface area contributed by atoms with E-state index in [1.54, 1.807) is 13.8 Å². The Labute approximate surface area is 146 Å². The van der Waals surface area contributed by atoms with E-state index in [4.69, 9.17) is 0 Å². The van der Waals surface area contributed by atoms with Gasteiger partial charge in [-0.3, -0.25) is 9.59 Å². The number of hydrogen-bond donors (Lipinski definition) is 2. The molecule has 0 radical (unpaired) electrons. The minimum Gasteiger partial charge on any atom is -0.355 e. The van der Waals surface area contributed by atoms with Crippen LogP contribution in [0.25, 0.3) is 0 Å². The molecule has 0 aliphatic heterocycles. The lowest BCUT2D eigenvalue weighted by Gasteiger charge is -2.23. The Bertz CT molecular complexity index is 554. The van der Waals surface area contributed by atoms with Gasteiger partial charge in [0.2, 0.25) is 11.8 Å². The highest BCUT2D eigenvalue weighted by atomic mass is 16.2. The summed E-state index contributed by atoms with van der Waals surface area (Å²) in [7, 11) is 0. The lowest BCUT2D eigenvalue weighted by molar-refractivity contribution is -0.138. The van der Waals surface area contributed by atoms with Crippen molar-refractivity contribution in [2.45, 2.75) is 66.2 Å². The first-order valence-corrected chi connectivity index (χ1v) is 8.79. The molecule has 0 aliphatic rings. The van der Waals surface area contributed by atoms with Crippen LogP contribution in [0.5, 0.6) is 0 Å². The Balaban J connectivity index is 2.66. The molecule has 2 amide bonds. The van der Waals surface area contributed by atoms with Crippen molar-refractivity contribution in [3.8, 4) is 0 Å². The second kappa shape index (κ2) is 8.32. The smallest absolute Gasteiger partial charge is 0.239 e. The van der Waals surface area contributed by atoms with E-state index in [1.165, 1.54) is 5.56 Å². The van der Waals surface area contributed by atoms with E-state index < -0.39 is 5.41 Å². The first kappa shape index (κ1) is 20.2. The molecule has 0 saturated carbocycles. The van der Waals surface area contributed by atoms with Crippen LogP contribution in [-0.4, -0.2) is 18.4 Å². The van der Waals surface area contributed by atoms with Crippen LogP contribution in [0.1, 0.15) is 66.4 Å². The predicted molar refractivity (Wildman–Crippen MR) is 100 cm³/mol. The molecule has 0 bridgehead atoms. The van der Waals surface area contributed by atoms with E-state index >= 15 is 0 Å². The van der Waals surface area contributed by atoms with Crippen molar-refractivity contribution < 1.29 is 9.59 Å². The highest BCUT2D eigenvalue weighted by Crippen LogP contribution is 2.24. The topological polar surface area (TPSA) is 58.2 Å². The lowest BCUT2D eigenvalue weighted by Crippen LogP contribution is -2.45. The number of rotatable bonds is 7. The van der Waals surface area contributed by atoms with E-state index in [1.807, 2.05) is 24.3 Å². The lowest BCUT2D eigenvalue weighted by atomic mass is 9.87. The van der Waals surface area contributed by atoms with Crippen LogP contribution in [0.15, 0.2) is 24.3 Å². The first-order valence-electron chi connectivity index (χ1n) is 8.79. The molecule has 0 aromatic heterocycles. The molecule has 1 aromatic rings. The summed E-state index contributed by atoms with van der Waals surface area (Å²) in [6.07, 6.45) is 3.12. The summed E-state index contributed by atoms with van der Waals surface area (Å²) in [5, 5.41) is 5.70. The number of carbonyl (C=O) groups is 2. The van der Waals surface area contributed by atoms with Gasteiger partial charge in [0.25, 0.3) is 0 Å². The van der Waals surface area contributed by atoms with Crippen LogP contribution in [0, 0.1) is 5.41 Å². The number of carbonyl (C=O) groups excluding carboxylic acids is 2. The van der Waals surface area contributed by atoms with E-state index in [9.17, 15) is 9.59 Å². The average Bonchev–Trinajstić information content (AvgIpc) is 2.50. The first-order chi connectivity index (χ1) is 11.1. The van der Waals surface area contributed by atoms with Gasteiger partial charge < -0.3 is 10.6 Å². The Kier molecular flexibility index (Phi) is 7.00. The summed E-state index contributed by atoms with van der Waals surface area (Å²) >= 11 is 0. The Morgan fingerprint density at radius 1 is 0.917 bits per heavy atom. The number of amides is 2. The van der Waals surface area contributed by atoms with Crippen LogP contribution < -0.4 is 10.6 Å². The fourth-order valence-electron chi connectivity index (χ4n) is 2.24. The van der Waals surface area contributed by atoms with Gasteiger partial charge >= 0.3 is 0 Å². The largest absolute Gasteiger partial charge is 0.355 e. The molecule has 4 nitrogen and oxygen atoms in total. The molecule has 134 valence electrons. The monoisotopic (exact) mass is 332 g/mol. The predicted octanol–water partition coefficient (Wildman–Crippen LogP) is 4.26. The van der Waals surface area contributed by atoms with Gasteiger partial charge in [0.05, 0.1) is 0 Å². The molecule has 2 N–H and O–H groups in total. The molecular formula is C20H32N2O2. The second-order valence-electron chi connectivity index (χ2n) is 7.87. The molecule has 1 rings (SSSR count). The molecule has 0 unspecified atom stereocenters. The van der Waals surface area contributed by atoms with Crippen molar-refractivity contribution in [2.24, 2.45) is 5.41 Å². The van der Waals surface area contributed by atoms with Gasteiger partial charge in [0, 0.05) is 12.2 Å². The third-order valence-corrected chi connectivity index (χ3v) is 4.21. The normalized spacial score (nSPS) is 11.9. The van der Waals surface area contributed by atoms with Gasteiger partial charge in [-0.15, -0.1) is 0 Å². The standard InChI is InChI=1S/C20H32N2O2/c1-7-8-9-14-21-17(23)20(5,6)18(24)22-16-12-10-15(11-13-16)19(2,3)4/h10-13H,7-9,14H2,1-6H3,(H,21,23)(H,22,24). The zero-order valence-electron chi connectivity index (χ0n) is 16.0. The van der Waals surface area contributed by atoms with Gasteiger partial charge in [-0.2, -0.15) is 0 Å². The summed E-state index contributed by atoms with van der Waals surface area (Å²) in [6, 6.07) is 7.78. The number of nitrogens with one attached hydrogen (secondary N) is 2. The van der Waals surface area contributed by atoms with Crippen LogP contribution in [0.3, 0.4) is 0 Å². The van der Waals surface area contributed by atoms with Gasteiger partial charge in [0.15, 0.2) is 0 Å². The fraction of sp³-hybridized carbons (Fsp3) is 0.600. The molecule has 24 heavy (non-hydrogen) atoms. The Hall–Kier alpha value is -1.84. The van der Waals surface area contributed by atoms with Crippen LogP contribution in [0.2, 0.25) is 0 Å². The van der Waals surface area contributed by atoms with Crippen LogP contribution in [0.4, 0.5) is 5.69 Å². The van der Waals surface area contributed by atoms with E-state index in [0.29, 0.717) is 12.2 Å². The average molecular weight is 332 g/mol. The van der Waals surface area contributed by atoms with Crippen molar-refractivity contribution in [1.29, 1.82) is 0 Å². The fourth-order valence-corrected chi connectivity index (χ4v) is 2.24. The van der Waals surface area contributed by atoms with E-state index in [0.717, 1.165) is 19.3 Å². The molecular weight excluding hydrogens is 300 g/mol. The summed E-state index contributed by atoms with van der Waals surface area (Å²) in [5.41, 5.74) is 0.878. The molecule has 1 aromatic carbocycles.